The number of esters is 2. The van der Waals surface area contributed by atoms with Gasteiger partial charge in [0.25, 0.3) is 0 Å². The van der Waals surface area contributed by atoms with Gasteiger partial charge in [-0.25, -0.2) is 4.57 Å². The molecule has 0 aromatic heterocycles. The zero-order valence-corrected chi connectivity index (χ0v) is 29.2. The molecule has 1 unspecified atom stereocenters. The molecule has 0 saturated heterocycles. The third-order valence-electron chi connectivity index (χ3n) is 7.18. The Morgan fingerprint density at radius 3 is 1.91 bits per heavy atom. The lowest BCUT2D eigenvalue weighted by Gasteiger charge is -2.18. The SMILES string of the molecule is CC/C=C/CC(O)/C=C/C=C/CCCCCCCC(=O)OC[C@H](COP(=O)(O)O)OC(=O)CCCCCCCCCCC(C)C. The minimum atomic E-state index is -4.76. The average Bonchev–Trinajstić information content (AvgIpc) is 2.97. The van der Waals surface area contributed by atoms with Gasteiger partial charge in [0.15, 0.2) is 6.10 Å². The number of unbranched alkanes of at least 4 members (excludes halogenated alkanes) is 12. The highest BCUT2D eigenvalue weighted by Crippen LogP contribution is 2.36. The first-order valence-electron chi connectivity index (χ1n) is 17.2. The van der Waals surface area contributed by atoms with Crippen LogP contribution in [0.3, 0.4) is 0 Å². The number of hydrogen-bond acceptors (Lipinski definition) is 7. The van der Waals surface area contributed by atoms with E-state index in [9.17, 15) is 19.3 Å². The summed E-state index contributed by atoms with van der Waals surface area (Å²) in [4.78, 5) is 42.5. The van der Waals surface area contributed by atoms with Crippen molar-refractivity contribution in [1.82, 2.24) is 0 Å². The molecule has 0 aliphatic carbocycles. The van der Waals surface area contributed by atoms with Gasteiger partial charge in [0.1, 0.15) is 6.61 Å². The van der Waals surface area contributed by atoms with E-state index in [0.717, 1.165) is 63.7 Å². The molecule has 0 aromatic rings. The number of aliphatic hydroxyl groups is 1. The summed E-state index contributed by atoms with van der Waals surface area (Å²) in [5.41, 5.74) is 0. The summed E-state index contributed by atoms with van der Waals surface area (Å²) >= 11 is 0. The van der Waals surface area contributed by atoms with Gasteiger partial charge in [-0.2, -0.15) is 0 Å². The van der Waals surface area contributed by atoms with Crippen LogP contribution in [-0.2, 0) is 28.2 Å². The zero-order valence-electron chi connectivity index (χ0n) is 28.3. The van der Waals surface area contributed by atoms with Gasteiger partial charge in [-0.3, -0.25) is 14.1 Å². The van der Waals surface area contributed by atoms with Gasteiger partial charge >= 0.3 is 19.8 Å². The maximum atomic E-state index is 12.3. The molecule has 3 N–H and O–H groups in total. The summed E-state index contributed by atoms with van der Waals surface area (Å²) in [7, 11) is -4.76. The molecule has 0 fully saturated rings. The smallest absolute Gasteiger partial charge is 0.462 e. The Hall–Kier alpha value is -1.77. The molecule has 262 valence electrons. The molecule has 0 radical (unpaired) electrons. The summed E-state index contributed by atoms with van der Waals surface area (Å²) in [5, 5.41) is 9.81. The molecule has 10 heteroatoms. The summed E-state index contributed by atoms with van der Waals surface area (Å²) < 4.78 is 26.2. The van der Waals surface area contributed by atoms with E-state index in [2.05, 4.69) is 31.4 Å². The van der Waals surface area contributed by atoms with Gasteiger partial charge in [-0.1, -0.05) is 128 Å². The number of carbonyl (C=O) groups is 2. The topological polar surface area (TPSA) is 140 Å². The van der Waals surface area contributed by atoms with Crippen LogP contribution in [-0.4, -0.2) is 52.3 Å². The van der Waals surface area contributed by atoms with Gasteiger partial charge < -0.3 is 24.4 Å². The van der Waals surface area contributed by atoms with Crippen LogP contribution in [0.4, 0.5) is 0 Å². The number of rotatable bonds is 30. The van der Waals surface area contributed by atoms with Crippen LogP contribution in [0.2, 0.25) is 0 Å². The first-order valence-corrected chi connectivity index (χ1v) is 18.8. The second kappa shape index (κ2) is 29.6. The molecule has 9 nitrogen and oxygen atoms in total. The van der Waals surface area contributed by atoms with E-state index >= 15 is 0 Å². The predicted molar refractivity (Wildman–Crippen MR) is 180 cm³/mol. The summed E-state index contributed by atoms with van der Waals surface area (Å²) in [6.45, 7) is 5.70. The van der Waals surface area contributed by atoms with Crippen molar-refractivity contribution in [3.63, 3.8) is 0 Å². The second-order valence-electron chi connectivity index (χ2n) is 12.1. The van der Waals surface area contributed by atoms with E-state index in [4.69, 9.17) is 19.3 Å². The molecule has 0 amide bonds. The average molecular weight is 659 g/mol. The third-order valence-corrected chi connectivity index (χ3v) is 7.67. The van der Waals surface area contributed by atoms with E-state index in [0.29, 0.717) is 19.3 Å². The first kappa shape index (κ1) is 43.2. The number of ether oxygens (including phenoxy) is 2. The van der Waals surface area contributed by atoms with Crippen molar-refractivity contribution in [2.45, 2.75) is 155 Å². The molecular weight excluding hydrogens is 595 g/mol. The predicted octanol–water partition coefficient (Wildman–Crippen LogP) is 8.67. The number of phosphoric acid groups is 1. The van der Waals surface area contributed by atoms with Gasteiger partial charge in [-0.15, -0.1) is 0 Å². The van der Waals surface area contributed by atoms with Crippen molar-refractivity contribution in [3.8, 4) is 0 Å². The van der Waals surface area contributed by atoms with Crippen LogP contribution in [0.25, 0.3) is 0 Å². The summed E-state index contributed by atoms with van der Waals surface area (Å²) in [6.07, 6.45) is 27.9. The van der Waals surface area contributed by atoms with E-state index in [1.54, 1.807) is 6.08 Å². The molecule has 0 aliphatic rings. The summed E-state index contributed by atoms with van der Waals surface area (Å²) in [6, 6.07) is 0. The maximum Gasteiger partial charge on any atom is 0.469 e. The van der Waals surface area contributed by atoms with Crippen molar-refractivity contribution in [2.75, 3.05) is 13.2 Å². The van der Waals surface area contributed by atoms with Gasteiger partial charge in [0.05, 0.1) is 12.7 Å². The molecular formula is C35H63O9P. The van der Waals surface area contributed by atoms with Crippen LogP contribution in [0.5, 0.6) is 0 Å². The van der Waals surface area contributed by atoms with Crippen molar-refractivity contribution < 1.29 is 43.0 Å². The Morgan fingerprint density at radius 1 is 0.733 bits per heavy atom. The number of carbonyl (C=O) groups excluding carboxylic acids is 2. The van der Waals surface area contributed by atoms with Crippen LogP contribution in [0.15, 0.2) is 36.5 Å². The standard InChI is InChI=1S/C35H63O9P/c1-4-5-19-25-32(36)26-21-16-12-7-6-8-13-17-22-27-34(37)42-29-33(30-43-45(39,40)41)44-35(38)28-23-18-14-10-9-11-15-20-24-31(2)3/h5,12,16,19,21,26,31-33,36H,4,6-11,13-15,17-18,20,22-25,27-30H2,1-3H3,(H2,39,40,41)/b16-12+,19-5+,26-21+/t32?,33-/m1/s1. The molecule has 0 saturated carbocycles. The molecule has 0 aliphatic heterocycles. The largest absolute Gasteiger partial charge is 0.469 e. The lowest BCUT2D eigenvalue weighted by Crippen LogP contribution is -2.29. The van der Waals surface area contributed by atoms with Gasteiger partial charge in [-0.05, 0) is 44.4 Å². The molecule has 45 heavy (non-hydrogen) atoms. The molecule has 0 aromatic carbocycles. The molecule has 0 bridgehead atoms. The molecule has 2 atom stereocenters. The Kier molecular flexibility index (Phi) is 28.5. The van der Waals surface area contributed by atoms with E-state index in [1.807, 2.05) is 24.3 Å². The van der Waals surface area contributed by atoms with E-state index in [-0.39, 0.29) is 19.4 Å². The fourth-order valence-electron chi connectivity index (χ4n) is 4.59. The number of hydrogen-bond donors (Lipinski definition) is 3. The van der Waals surface area contributed by atoms with E-state index in [1.165, 1.54) is 32.1 Å². The number of phosphoric ester groups is 1. The minimum Gasteiger partial charge on any atom is -0.462 e. The Morgan fingerprint density at radius 2 is 1.31 bits per heavy atom. The quantitative estimate of drug-likeness (QED) is 0.0227. The van der Waals surface area contributed by atoms with Crippen LogP contribution in [0.1, 0.15) is 143 Å². The van der Waals surface area contributed by atoms with Crippen molar-refractivity contribution in [3.05, 3.63) is 36.5 Å². The first-order chi connectivity index (χ1) is 21.5. The fraction of sp³-hybridized carbons (Fsp3) is 0.771. The minimum absolute atomic E-state index is 0.196. The highest BCUT2D eigenvalue weighted by atomic mass is 31.2. The Labute approximate surface area is 273 Å². The monoisotopic (exact) mass is 658 g/mol. The highest BCUT2D eigenvalue weighted by Gasteiger charge is 2.22. The third kappa shape index (κ3) is 33.4. The van der Waals surface area contributed by atoms with Crippen molar-refractivity contribution >= 4 is 19.8 Å². The number of allylic oxidation sites excluding steroid dienone is 4. The number of aliphatic hydroxyl groups excluding tert-OH is 1. The summed E-state index contributed by atoms with van der Waals surface area (Å²) in [5.74, 6) is -0.181. The Bertz CT molecular complexity index is 863. The lowest BCUT2D eigenvalue weighted by molar-refractivity contribution is -0.161. The van der Waals surface area contributed by atoms with Crippen LogP contribution in [0, 0.1) is 5.92 Å². The van der Waals surface area contributed by atoms with Crippen molar-refractivity contribution in [2.24, 2.45) is 5.92 Å². The molecule has 0 rings (SSSR count). The van der Waals surface area contributed by atoms with Crippen molar-refractivity contribution in [1.29, 1.82) is 0 Å². The highest BCUT2D eigenvalue weighted by molar-refractivity contribution is 7.46. The Balaban J connectivity index is 4.08. The van der Waals surface area contributed by atoms with Gasteiger partial charge in [0, 0.05) is 12.8 Å². The fourth-order valence-corrected chi connectivity index (χ4v) is 4.95. The molecule has 0 heterocycles. The van der Waals surface area contributed by atoms with Crippen LogP contribution < -0.4 is 0 Å². The zero-order chi connectivity index (χ0) is 33.6. The normalized spacial score (nSPS) is 13.8. The van der Waals surface area contributed by atoms with Gasteiger partial charge in [0.2, 0.25) is 0 Å². The van der Waals surface area contributed by atoms with Crippen LogP contribution >= 0.6 is 7.82 Å². The van der Waals surface area contributed by atoms with E-state index < -0.39 is 38.6 Å². The second-order valence-corrected chi connectivity index (χ2v) is 13.4. The molecule has 0 spiro atoms. The lowest BCUT2D eigenvalue weighted by atomic mass is 10.0. The maximum absolute atomic E-state index is 12.3.